The molecule has 3 rings (SSSR count). The summed E-state index contributed by atoms with van der Waals surface area (Å²) in [5.74, 6) is 0. The van der Waals surface area contributed by atoms with Gasteiger partial charge in [-0.25, -0.2) is 0 Å². The van der Waals surface area contributed by atoms with Gasteiger partial charge in [-0.15, -0.1) is 11.3 Å². The zero-order valence-electron chi connectivity index (χ0n) is 12.2. The standard InChI is InChI=1S/C18H23NS/c1-13-7-5-6-8-14(13)11-16(19)18-12-15-9-3-2-4-10-17(15)20-18/h5-8,12,16H,2-4,9-11,19H2,1H3. The van der Waals surface area contributed by atoms with Crippen LogP contribution in [0.2, 0.25) is 0 Å². The molecule has 1 unspecified atom stereocenters. The molecule has 1 atom stereocenters. The highest BCUT2D eigenvalue weighted by Crippen LogP contribution is 2.32. The van der Waals surface area contributed by atoms with Gasteiger partial charge in [0.05, 0.1) is 0 Å². The van der Waals surface area contributed by atoms with Crippen LogP contribution in [0.3, 0.4) is 0 Å². The summed E-state index contributed by atoms with van der Waals surface area (Å²) in [5.41, 5.74) is 10.8. The smallest absolute Gasteiger partial charge is 0.0430 e. The van der Waals surface area contributed by atoms with E-state index >= 15 is 0 Å². The van der Waals surface area contributed by atoms with Crippen molar-refractivity contribution in [2.45, 2.75) is 51.5 Å². The van der Waals surface area contributed by atoms with Crippen LogP contribution < -0.4 is 5.73 Å². The summed E-state index contributed by atoms with van der Waals surface area (Å²) in [7, 11) is 0. The molecule has 0 saturated heterocycles. The van der Waals surface area contributed by atoms with Gasteiger partial charge in [-0.1, -0.05) is 30.7 Å². The molecule has 0 amide bonds. The molecule has 2 heteroatoms. The SMILES string of the molecule is Cc1ccccc1CC(N)c1cc2c(s1)CCCCC2. The molecule has 20 heavy (non-hydrogen) atoms. The predicted octanol–water partition coefficient (Wildman–Crippen LogP) is 4.57. The number of hydrogen-bond donors (Lipinski definition) is 1. The van der Waals surface area contributed by atoms with E-state index in [1.165, 1.54) is 48.1 Å². The van der Waals surface area contributed by atoms with Crippen LogP contribution in [0.15, 0.2) is 30.3 Å². The number of nitrogens with two attached hydrogens (primary N) is 1. The van der Waals surface area contributed by atoms with Crippen LogP contribution in [0.25, 0.3) is 0 Å². The fourth-order valence-electron chi connectivity index (χ4n) is 3.05. The van der Waals surface area contributed by atoms with Crippen LogP contribution in [0.1, 0.15) is 51.7 Å². The first-order valence-electron chi connectivity index (χ1n) is 7.65. The number of thiophene rings is 1. The monoisotopic (exact) mass is 285 g/mol. The second kappa shape index (κ2) is 6.11. The topological polar surface area (TPSA) is 26.0 Å². The van der Waals surface area contributed by atoms with Crippen molar-refractivity contribution in [1.82, 2.24) is 0 Å². The van der Waals surface area contributed by atoms with E-state index in [2.05, 4.69) is 37.3 Å². The number of rotatable bonds is 3. The first-order valence-corrected chi connectivity index (χ1v) is 8.47. The Labute approximate surface area is 125 Å². The summed E-state index contributed by atoms with van der Waals surface area (Å²) in [6.07, 6.45) is 7.54. The fourth-order valence-corrected chi connectivity index (χ4v) is 4.31. The maximum absolute atomic E-state index is 6.46. The van der Waals surface area contributed by atoms with Crippen molar-refractivity contribution in [3.63, 3.8) is 0 Å². The van der Waals surface area contributed by atoms with Crippen LogP contribution >= 0.6 is 11.3 Å². The number of hydrogen-bond acceptors (Lipinski definition) is 2. The fraction of sp³-hybridized carbons (Fsp3) is 0.444. The lowest BCUT2D eigenvalue weighted by Crippen LogP contribution is -2.12. The van der Waals surface area contributed by atoms with Crippen molar-refractivity contribution < 1.29 is 0 Å². The molecule has 1 aliphatic rings. The van der Waals surface area contributed by atoms with Gasteiger partial charge in [0.2, 0.25) is 0 Å². The number of aryl methyl sites for hydroxylation is 3. The largest absolute Gasteiger partial charge is 0.323 e. The average Bonchev–Trinajstić information content (AvgIpc) is 2.73. The second-order valence-corrected chi connectivity index (χ2v) is 7.06. The van der Waals surface area contributed by atoms with Crippen molar-refractivity contribution in [1.29, 1.82) is 0 Å². The molecule has 0 fully saturated rings. The van der Waals surface area contributed by atoms with Crippen LogP contribution in [0.5, 0.6) is 0 Å². The number of fused-ring (bicyclic) bond motifs is 1. The van der Waals surface area contributed by atoms with Gasteiger partial charge in [0.1, 0.15) is 0 Å². The molecule has 1 aliphatic carbocycles. The molecule has 2 aromatic rings. The molecule has 1 aromatic carbocycles. The maximum atomic E-state index is 6.46. The minimum Gasteiger partial charge on any atom is -0.323 e. The Morgan fingerprint density at radius 3 is 2.80 bits per heavy atom. The predicted molar refractivity (Wildman–Crippen MR) is 87.4 cm³/mol. The third-order valence-electron chi connectivity index (χ3n) is 4.33. The van der Waals surface area contributed by atoms with Crippen molar-refractivity contribution >= 4 is 11.3 Å². The second-order valence-electron chi connectivity index (χ2n) is 5.89. The molecular weight excluding hydrogens is 262 g/mol. The van der Waals surface area contributed by atoms with E-state index in [9.17, 15) is 0 Å². The normalized spacial score (nSPS) is 16.5. The zero-order valence-corrected chi connectivity index (χ0v) is 13.0. The minimum absolute atomic E-state index is 0.146. The van der Waals surface area contributed by atoms with Gasteiger partial charge in [-0.2, -0.15) is 0 Å². The van der Waals surface area contributed by atoms with Crippen molar-refractivity contribution in [3.05, 3.63) is 56.8 Å². The van der Waals surface area contributed by atoms with Gasteiger partial charge < -0.3 is 5.73 Å². The molecule has 0 saturated carbocycles. The van der Waals surface area contributed by atoms with Gasteiger partial charge >= 0.3 is 0 Å². The van der Waals surface area contributed by atoms with E-state index in [0.717, 1.165) is 6.42 Å². The molecule has 1 nitrogen and oxygen atoms in total. The Morgan fingerprint density at radius 1 is 1.15 bits per heavy atom. The van der Waals surface area contributed by atoms with Gasteiger partial charge in [0.25, 0.3) is 0 Å². The molecule has 2 N–H and O–H groups in total. The first kappa shape index (κ1) is 13.8. The molecule has 0 radical (unpaired) electrons. The van der Waals surface area contributed by atoms with E-state index in [0.29, 0.717) is 0 Å². The molecule has 1 aromatic heterocycles. The van der Waals surface area contributed by atoms with Crippen LogP contribution in [-0.4, -0.2) is 0 Å². The Hall–Kier alpha value is -1.12. The van der Waals surface area contributed by atoms with Crippen LogP contribution in [0, 0.1) is 6.92 Å². The van der Waals surface area contributed by atoms with E-state index in [4.69, 9.17) is 5.73 Å². The summed E-state index contributed by atoms with van der Waals surface area (Å²) in [5, 5.41) is 0. The van der Waals surface area contributed by atoms with Gasteiger partial charge in [0, 0.05) is 15.8 Å². The minimum atomic E-state index is 0.146. The van der Waals surface area contributed by atoms with Crippen LogP contribution in [0.4, 0.5) is 0 Å². The lowest BCUT2D eigenvalue weighted by Gasteiger charge is -2.11. The summed E-state index contributed by atoms with van der Waals surface area (Å²) in [6.45, 7) is 2.17. The molecule has 0 spiro atoms. The van der Waals surface area contributed by atoms with E-state index < -0.39 is 0 Å². The summed E-state index contributed by atoms with van der Waals surface area (Å²) < 4.78 is 0. The quantitative estimate of drug-likeness (QED) is 0.821. The molecule has 0 aliphatic heterocycles. The Bertz CT molecular complexity index is 561. The Morgan fingerprint density at radius 2 is 1.95 bits per heavy atom. The zero-order chi connectivity index (χ0) is 13.9. The highest BCUT2D eigenvalue weighted by molar-refractivity contribution is 7.12. The maximum Gasteiger partial charge on any atom is 0.0430 e. The average molecular weight is 285 g/mol. The van der Waals surface area contributed by atoms with E-state index in [1.807, 2.05) is 11.3 Å². The van der Waals surface area contributed by atoms with Gasteiger partial charge in [-0.3, -0.25) is 0 Å². The molecular formula is C18H23NS. The number of benzene rings is 1. The van der Waals surface area contributed by atoms with Crippen molar-refractivity contribution in [2.24, 2.45) is 5.73 Å². The molecule has 1 heterocycles. The first-order chi connectivity index (χ1) is 9.74. The van der Waals surface area contributed by atoms with Gasteiger partial charge in [0.15, 0.2) is 0 Å². The summed E-state index contributed by atoms with van der Waals surface area (Å²) >= 11 is 1.96. The highest BCUT2D eigenvalue weighted by Gasteiger charge is 2.16. The van der Waals surface area contributed by atoms with Crippen molar-refractivity contribution in [2.75, 3.05) is 0 Å². The Kier molecular flexibility index (Phi) is 4.23. The summed E-state index contributed by atoms with van der Waals surface area (Å²) in [6, 6.07) is 11.1. The third kappa shape index (κ3) is 2.97. The lowest BCUT2D eigenvalue weighted by atomic mass is 10.00. The van der Waals surface area contributed by atoms with E-state index in [1.54, 1.807) is 10.4 Å². The molecule has 0 bridgehead atoms. The highest BCUT2D eigenvalue weighted by atomic mass is 32.1. The third-order valence-corrected chi connectivity index (χ3v) is 5.70. The van der Waals surface area contributed by atoms with Gasteiger partial charge in [-0.05, 0) is 61.8 Å². The lowest BCUT2D eigenvalue weighted by molar-refractivity contribution is 0.709. The summed E-state index contributed by atoms with van der Waals surface area (Å²) in [4.78, 5) is 2.97. The van der Waals surface area contributed by atoms with E-state index in [-0.39, 0.29) is 6.04 Å². The Balaban J connectivity index is 1.77. The molecule has 106 valence electrons. The van der Waals surface area contributed by atoms with Crippen molar-refractivity contribution in [3.8, 4) is 0 Å². The van der Waals surface area contributed by atoms with Crippen LogP contribution in [-0.2, 0) is 19.3 Å².